The fourth-order valence-electron chi connectivity index (χ4n) is 4.47. The Kier molecular flexibility index (Phi) is 9.63. The predicted molar refractivity (Wildman–Crippen MR) is 130 cm³/mol. The number of benzene rings is 1. The summed E-state index contributed by atoms with van der Waals surface area (Å²) in [4.78, 5) is 7.73. The molecule has 1 aliphatic rings. The van der Waals surface area contributed by atoms with Crippen molar-refractivity contribution in [1.29, 1.82) is 0 Å². The lowest BCUT2D eigenvalue weighted by Crippen LogP contribution is -2.27. The zero-order valence-electron chi connectivity index (χ0n) is 20.3. The number of fused-ring (bicyclic) bond motifs is 1. The molecule has 0 spiro atoms. The Labute approximate surface area is 191 Å². The topological polar surface area (TPSA) is 80.7 Å². The molecule has 32 heavy (non-hydrogen) atoms. The third-order valence-corrected chi connectivity index (χ3v) is 6.12. The number of nitrogens with one attached hydrogen (secondary N) is 1. The van der Waals surface area contributed by atoms with E-state index in [1.54, 1.807) is 6.07 Å². The van der Waals surface area contributed by atoms with E-state index < -0.39 is 6.04 Å². The van der Waals surface area contributed by atoms with E-state index in [1.807, 2.05) is 33.9 Å². The Hall–Kier alpha value is -2.47. The number of aromatic nitrogens is 3. The molecule has 2 aromatic heterocycles. The molecular formula is C26H39FN4O. The Morgan fingerprint density at radius 3 is 2.72 bits per heavy atom. The number of nitrogens with zero attached hydrogens (tertiary/aromatic N) is 2. The van der Waals surface area contributed by atoms with Crippen LogP contribution in [0.4, 0.5) is 4.39 Å². The molecule has 0 radical (unpaired) electrons. The molecule has 3 aromatic rings. The van der Waals surface area contributed by atoms with E-state index in [1.165, 1.54) is 30.5 Å². The Bertz CT molecular complexity index is 993. The summed E-state index contributed by atoms with van der Waals surface area (Å²) in [5.41, 5.74) is 9.65. The quantitative estimate of drug-likeness (QED) is 0.401. The SMILES string of the molecule is C=C1CCCC(CC)(Cc2noc(C(N)Cc3c[nH]c4ccc(F)cc34)n2)C1.CC.CC. The van der Waals surface area contributed by atoms with E-state index in [0.29, 0.717) is 18.1 Å². The molecule has 4 rings (SSSR count). The number of rotatable bonds is 6. The summed E-state index contributed by atoms with van der Waals surface area (Å²) in [6.45, 7) is 14.4. The maximum atomic E-state index is 13.6. The first-order chi connectivity index (χ1) is 15.5. The van der Waals surface area contributed by atoms with Gasteiger partial charge in [0.1, 0.15) is 5.82 Å². The number of halogens is 1. The molecule has 1 saturated carbocycles. The van der Waals surface area contributed by atoms with E-state index in [-0.39, 0.29) is 11.2 Å². The molecular weight excluding hydrogens is 403 g/mol. The lowest BCUT2D eigenvalue weighted by atomic mass is 9.68. The van der Waals surface area contributed by atoms with E-state index in [4.69, 9.17) is 10.3 Å². The molecule has 1 fully saturated rings. The summed E-state index contributed by atoms with van der Waals surface area (Å²) < 4.78 is 19.1. The van der Waals surface area contributed by atoms with Gasteiger partial charge >= 0.3 is 0 Å². The lowest BCUT2D eigenvalue weighted by Gasteiger charge is -2.36. The van der Waals surface area contributed by atoms with Crippen molar-refractivity contribution in [2.24, 2.45) is 11.1 Å². The number of H-pyrrole nitrogens is 1. The van der Waals surface area contributed by atoms with E-state index >= 15 is 0 Å². The van der Waals surface area contributed by atoms with Crippen LogP contribution in [-0.4, -0.2) is 15.1 Å². The summed E-state index contributed by atoms with van der Waals surface area (Å²) in [6, 6.07) is 4.26. The second-order valence-electron chi connectivity index (χ2n) is 8.17. The molecule has 3 N–H and O–H groups in total. The summed E-state index contributed by atoms with van der Waals surface area (Å²) >= 11 is 0. The summed E-state index contributed by atoms with van der Waals surface area (Å²) in [5.74, 6) is 0.884. The molecule has 1 aromatic carbocycles. The molecule has 2 heterocycles. The van der Waals surface area contributed by atoms with Crippen molar-refractivity contribution in [2.45, 2.75) is 85.6 Å². The minimum atomic E-state index is -0.428. The van der Waals surface area contributed by atoms with Gasteiger partial charge in [-0.2, -0.15) is 4.98 Å². The molecule has 176 valence electrons. The maximum Gasteiger partial charge on any atom is 0.243 e. The van der Waals surface area contributed by atoms with Crippen LogP contribution < -0.4 is 5.73 Å². The van der Waals surface area contributed by atoms with Gasteiger partial charge in [0.25, 0.3) is 0 Å². The highest BCUT2D eigenvalue weighted by Gasteiger charge is 2.33. The number of aromatic amines is 1. The molecule has 1 aliphatic carbocycles. The van der Waals surface area contributed by atoms with Gasteiger partial charge in [-0.3, -0.25) is 0 Å². The highest BCUT2D eigenvalue weighted by atomic mass is 19.1. The maximum absolute atomic E-state index is 13.6. The minimum Gasteiger partial charge on any atom is -0.361 e. The van der Waals surface area contributed by atoms with Gasteiger partial charge in [-0.1, -0.05) is 51.9 Å². The first kappa shape index (κ1) is 25.8. The molecule has 0 saturated heterocycles. The Morgan fingerprint density at radius 1 is 1.28 bits per heavy atom. The van der Waals surface area contributed by atoms with Crippen molar-refractivity contribution < 1.29 is 8.91 Å². The van der Waals surface area contributed by atoms with Crippen LogP contribution in [0.25, 0.3) is 10.9 Å². The van der Waals surface area contributed by atoms with Crippen LogP contribution >= 0.6 is 0 Å². The summed E-state index contributed by atoms with van der Waals surface area (Å²) in [5, 5.41) is 5.03. The highest BCUT2D eigenvalue weighted by molar-refractivity contribution is 5.83. The average molecular weight is 443 g/mol. The van der Waals surface area contributed by atoms with Gasteiger partial charge in [0.05, 0.1) is 6.04 Å². The van der Waals surface area contributed by atoms with Crippen LogP contribution in [0.5, 0.6) is 0 Å². The van der Waals surface area contributed by atoms with Crippen molar-refractivity contribution in [3.63, 3.8) is 0 Å². The van der Waals surface area contributed by atoms with Crippen LogP contribution in [-0.2, 0) is 12.8 Å². The van der Waals surface area contributed by atoms with Crippen LogP contribution in [0.2, 0.25) is 0 Å². The van der Waals surface area contributed by atoms with Gasteiger partial charge in [0, 0.05) is 23.5 Å². The fraction of sp³-hybridized carbons (Fsp3) is 0.538. The van der Waals surface area contributed by atoms with Crippen LogP contribution in [0.15, 0.2) is 41.1 Å². The molecule has 5 nitrogen and oxygen atoms in total. The summed E-state index contributed by atoms with van der Waals surface area (Å²) in [6.07, 6.45) is 8.71. The zero-order chi connectivity index (χ0) is 23.7. The van der Waals surface area contributed by atoms with Crippen molar-refractivity contribution >= 4 is 10.9 Å². The third-order valence-electron chi connectivity index (χ3n) is 6.12. The monoisotopic (exact) mass is 442 g/mol. The largest absolute Gasteiger partial charge is 0.361 e. The van der Waals surface area contributed by atoms with Gasteiger partial charge in [-0.05, 0) is 67.7 Å². The second-order valence-corrected chi connectivity index (χ2v) is 8.17. The number of allylic oxidation sites excluding steroid dienone is 1. The number of hydrogen-bond acceptors (Lipinski definition) is 4. The van der Waals surface area contributed by atoms with Crippen LogP contribution in [0.1, 0.15) is 90.0 Å². The minimum absolute atomic E-state index is 0.176. The molecule has 2 atom stereocenters. The number of nitrogens with two attached hydrogens (primary N) is 1. The van der Waals surface area contributed by atoms with Crippen LogP contribution in [0, 0.1) is 11.2 Å². The third kappa shape index (κ3) is 6.06. The number of hydrogen-bond donors (Lipinski definition) is 2. The zero-order valence-corrected chi connectivity index (χ0v) is 20.3. The van der Waals surface area contributed by atoms with Gasteiger partial charge < -0.3 is 15.2 Å². The van der Waals surface area contributed by atoms with Crippen molar-refractivity contribution in [2.75, 3.05) is 0 Å². The lowest BCUT2D eigenvalue weighted by molar-refractivity contribution is 0.207. The van der Waals surface area contributed by atoms with E-state index in [9.17, 15) is 4.39 Å². The Balaban J connectivity index is 0.000000860. The second kappa shape index (κ2) is 12.0. The first-order valence-corrected chi connectivity index (χ1v) is 12.0. The van der Waals surface area contributed by atoms with Crippen LogP contribution in [0.3, 0.4) is 0 Å². The van der Waals surface area contributed by atoms with Gasteiger partial charge in [0.15, 0.2) is 5.82 Å². The van der Waals surface area contributed by atoms with Crippen molar-refractivity contribution in [1.82, 2.24) is 15.1 Å². The fourth-order valence-corrected chi connectivity index (χ4v) is 4.47. The molecule has 0 bridgehead atoms. The van der Waals surface area contributed by atoms with E-state index in [0.717, 1.165) is 42.1 Å². The van der Waals surface area contributed by atoms with Gasteiger partial charge in [-0.15, -0.1) is 0 Å². The molecule has 0 aliphatic heterocycles. The summed E-state index contributed by atoms with van der Waals surface area (Å²) in [7, 11) is 0. The van der Waals surface area contributed by atoms with E-state index in [2.05, 4.69) is 28.6 Å². The van der Waals surface area contributed by atoms with Gasteiger partial charge in [0.2, 0.25) is 5.89 Å². The smallest absolute Gasteiger partial charge is 0.243 e. The highest BCUT2D eigenvalue weighted by Crippen LogP contribution is 2.43. The van der Waals surface area contributed by atoms with Crippen molar-refractivity contribution in [3.05, 3.63) is 59.6 Å². The van der Waals surface area contributed by atoms with Gasteiger partial charge in [-0.25, -0.2) is 4.39 Å². The molecule has 0 amide bonds. The standard InChI is InChI=1S/C22H27FN4O.2C2H6/c1-3-22(8-4-5-14(2)11-22)12-20-26-21(28-27-20)18(24)9-15-13-25-19-7-6-16(23)10-17(15)19;2*1-2/h6-7,10,13,18,25H,2-5,8-9,11-12,24H2,1H3;2*1-2H3. The molecule has 6 heteroatoms. The van der Waals surface area contributed by atoms with Crippen molar-refractivity contribution in [3.8, 4) is 0 Å². The molecule has 2 unspecified atom stereocenters. The average Bonchev–Trinajstić information content (AvgIpc) is 3.43. The Morgan fingerprint density at radius 2 is 2.03 bits per heavy atom. The predicted octanol–water partition coefficient (Wildman–Crippen LogP) is 7.05. The first-order valence-electron chi connectivity index (χ1n) is 12.0. The normalized spacial score (nSPS) is 19.0.